The van der Waals surface area contributed by atoms with E-state index in [1.807, 2.05) is 0 Å². The number of nitrogens with two attached hydrogens (primary N) is 1. The van der Waals surface area contributed by atoms with Crippen LogP contribution in [0.15, 0.2) is 5.38 Å². The number of nitrogens with zero attached hydrogens (tertiary/aromatic N) is 1. The van der Waals surface area contributed by atoms with Crippen LogP contribution in [0.1, 0.15) is 43.8 Å². The van der Waals surface area contributed by atoms with Gasteiger partial charge in [-0.3, -0.25) is 0 Å². The van der Waals surface area contributed by atoms with E-state index in [9.17, 15) is 0 Å². The van der Waals surface area contributed by atoms with Crippen molar-refractivity contribution in [1.82, 2.24) is 4.98 Å². The Morgan fingerprint density at radius 2 is 2.06 bits per heavy atom. The fourth-order valence-corrected chi connectivity index (χ4v) is 4.18. The second kappa shape index (κ2) is 4.46. The normalized spacial score (nSPS) is 35.2. The molecule has 2 nitrogen and oxygen atoms in total. The molecule has 1 heterocycles. The van der Waals surface area contributed by atoms with Crippen LogP contribution in [0.2, 0.25) is 0 Å². The molecule has 2 unspecified atom stereocenters. The van der Waals surface area contributed by atoms with Crippen molar-refractivity contribution in [1.29, 1.82) is 0 Å². The first-order chi connectivity index (χ1) is 7.47. The quantitative estimate of drug-likeness (QED) is 0.859. The molecule has 90 valence electrons. The van der Waals surface area contributed by atoms with Gasteiger partial charge in [-0.1, -0.05) is 13.8 Å². The van der Waals surface area contributed by atoms with Crippen LogP contribution in [0, 0.1) is 18.8 Å². The average Bonchev–Trinajstić information content (AvgIpc) is 2.47. The molecule has 0 bridgehead atoms. The summed E-state index contributed by atoms with van der Waals surface area (Å²) in [4.78, 5) is 4.54. The summed E-state index contributed by atoms with van der Waals surface area (Å²) in [7, 11) is 0. The van der Waals surface area contributed by atoms with E-state index in [2.05, 4.69) is 31.1 Å². The molecule has 16 heavy (non-hydrogen) atoms. The van der Waals surface area contributed by atoms with Gasteiger partial charge in [0.1, 0.15) is 0 Å². The van der Waals surface area contributed by atoms with Gasteiger partial charge in [-0.15, -0.1) is 11.3 Å². The van der Waals surface area contributed by atoms with Crippen LogP contribution in [0.4, 0.5) is 0 Å². The molecular formula is C13H22N2S. The van der Waals surface area contributed by atoms with E-state index in [4.69, 9.17) is 5.73 Å². The lowest BCUT2D eigenvalue weighted by Gasteiger charge is -2.39. The first kappa shape index (κ1) is 12.1. The van der Waals surface area contributed by atoms with Crippen LogP contribution in [-0.2, 0) is 6.42 Å². The van der Waals surface area contributed by atoms with Gasteiger partial charge in [-0.25, -0.2) is 4.98 Å². The molecule has 3 heteroatoms. The first-order valence-electron chi connectivity index (χ1n) is 6.17. The van der Waals surface area contributed by atoms with E-state index in [-0.39, 0.29) is 5.54 Å². The molecule has 1 fully saturated rings. The standard InChI is InChI=1S/C13H22N2S/c1-9-4-10(2)6-13(14,5-9)7-12-15-11(3)8-16-12/h8-10H,4-7,14H2,1-3H3. The Balaban J connectivity index is 2.07. The Bertz CT molecular complexity index is 349. The minimum atomic E-state index is -0.0125. The zero-order valence-corrected chi connectivity index (χ0v) is 11.3. The van der Waals surface area contributed by atoms with Gasteiger partial charge in [0.15, 0.2) is 0 Å². The number of hydrogen-bond acceptors (Lipinski definition) is 3. The third-order valence-electron chi connectivity index (χ3n) is 3.48. The van der Waals surface area contributed by atoms with E-state index >= 15 is 0 Å². The van der Waals surface area contributed by atoms with Crippen molar-refractivity contribution in [3.8, 4) is 0 Å². The lowest BCUT2D eigenvalue weighted by Crippen LogP contribution is -2.48. The molecule has 1 aromatic heterocycles. The Kier molecular flexibility index (Phi) is 3.36. The maximum atomic E-state index is 6.55. The van der Waals surface area contributed by atoms with Crippen LogP contribution < -0.4 is 5.73 Å². The van der Waals surface area contributed by atoms with Gasteiger partial charge in [0.05, 0.1) is 5.01 Å². The summed E-state index contributed by atoms with van der Waals surface area (Å²) >= 11 is 1.75. The summed E-state index contributed by atoms with van der Waals surface area (Å²) in [5, 5.41) is 3.33. The van der Waals surface area contributed by atoms with E-state index < -0.39 is 0 Å². The molecule has 1 aliphatic rings. The fourth-order valence-electron chi connectivity index (χ4n) is 3.25. The maximum absolute atomic E-state index is 6.55. The molecule has 0 aromatic carbocycles. The maximum Gasteiger partial charge on any atom is 0.0946 e. The molecule has 2 N–H and O–H groups in total. The lowest BCUT2D eigenvalue weighted by atomic mass is 9.71. The second-order valence-corrected chi connectivity index (χ2v) is 6.72. The molecule has 1 aliphatic carbocycles. The van der Waals surface area contributed by atoms with Crippen molar-refractivity contribution in [3.63, 3.8) is 0 Å². The van der Waals surface area contributed by atoms with Crippen molar-refractivity contribution in [3.05, 3.63) is 16.1 Å². The zero-order valence-electron chi connectivity index (χ0n) is 10.5. The molecule has 0 amide bonds. The Morgan fingerprint density at radius 3 is 2.56 bits per heavy atom. The number of aryl methyl sites for hydroxylation is 1. The summed E-state index contributed by atoms with van der Waals surface area (Å²) in [5.74, 6) is 1.52. The molecule has 2 atom stereocenters. The first-order valence-corrected chi connectivity index (χ1v) is 7.05. The summed E-state index contributed by atoms with van der Waals surface area (Å²) in [6.07, 6.45) is 4.59. The van der Waals surface area contributed by atoms with E-state index in [1.165, 1.54) is 11.4 Å². The highest BCUT2D eigenvalue weighted by Gasteiger charge is 2.35. The largest absolute Gasteiger partial charge is 0.325 e. The lowest BCUT2D eigenvalue weighted by molar-refractivity contribution is 0.182. The van der Waals surface area contributed by atoms with Gasteiger partial charge >= 0.3 is 0 Å². The monoisotopic (exact) mass is 238 g/mol. The number of thiazole rings is 1. The van der Waals surface area contributed by atoms with Crippen LogP contribution in [0.3, 0.4) is 0 Å². The van der Waals surface area contributed by atoms with Gasteiger partial charge in [0, 0.05) is 23.0 Å². The molecule has 0 aliphatic heterocycles. The van der Waals surface area contributed by atoms with Crippen molar-refractivity contribution >= 4 is 11.3 Å². The van der Waals surface area contributed by atoms with Gasteiger partial charge in [-0.05, 0) is 38.0 Å². The average molecular weight is 238 g/mol. The summed E-state index contributed by atoms with van der Waals surface area (Å²) < 4.78 is 0. The predicted octanol–water partition coefficient (Wildman–Crippen LogP) is 3.15. The smallest absolute Gasteiger partial charge is 0.0946 e. The van der Waals surface area contributed by atoms with Crippen molar-refractivity contribution in [2.24, 2.45) is 17.6 Å². The molecular weight excluding hydrogens is 216 g/mol. The topological polar surface area (TPSA) is 38.9 Å². The van der Waals surface area contributed by atoms with Crippen LogP contribution in [0.5, 0.6) is 0 Å². The number of rotatable bonds is 2. The fraction of sp³-hybridized carbons (Fsp3) is 0.769. The van der Waals surface area contributed by atoms with Gasteiger partial charge in [-0.2, -0.15) is 0 Å². The van der Waals surface area contributed by atoms with Crippen LogP contribution in [-0.4, -0.2) is 10.5 Å². The third kappa shape index (κ3) is 2.83. The van der Waals surface area contributed by atoms with Crippen molar-refractivity contribution < 1.29 is 0 Å². The van der Waals surface area contributed by atoms with E-state index in [0.717, 1.165) is 36.8 Å². The van der Waals surface area contributed by atoms with E-state index in [0.29, 0.717) is 0 Å². The minimum absolute atomic E-state index is 0.0125. The van der Waals surface area contributed by atoms with Gasteiger partial charge < -0.3 is 5.73 Å². The van der Waals surface area contributed by atoms with E-state index in [1.54, 1.807) is 11.3 Å². The molecule has 1 saturated carbocycles. The number of hydrogen-bond donors (Lipinski definition) is 1. The summed E-state index contributed by atoms with van der Waals surface area (Å²) in [6, 6.07) is 0. The highest BCUT2D eigenvalue weighted by molar-refractivity contribution is 7.09. The molecule has 0 spiro atoms. The SMILES string of the molecule is Cc1csc(CC2(N)CC(C)CC(C)C2)n1. The van der Waals surface area contributed by atoms with Gasteiger partial charge in [0.25, 0.3) is 0 Å². The summed E-state index contributed by atoms with van der Waals surface area (Å²) in [6.45, 7) is 6.70. The Labute approximate surface area is 102 Å². The van der Waals surface area contributed by atoms with Crippen molar-refractivity contribution in [2.45, 2.75) is 52.0 Å². The Hall–Kier alpha value is -0.410. The van der Waals surface area contributed by atoms with Crippen molar-refractivity contribution in [2.75, 3.05) is 0 Å². The van der Waals surface area contributed by atoms with Gasteiger partial charge in [0.2, 0.25) is 0 Å². The second-order valence-electron chi connectivity index (χ2n) is 5.78. The minimum Gasteiger partial charge on any atom is -0.325 e. The van der Waals surface area contributed by atoms with Crippen LogP contribution in [0.25, 0.3) is 0 Å². The predicted molar refractivity (Wildman–Crippen MR) is 69.7 cm³/mol. The zero-order chi connectivity index (χ0) is 11.8. The summed E-state index contributed by atoms with van der Waals surface area (Å²) in [5.41, 5.74) is 7.66. The third-order valence-corrected chi connectivity index (χ3v) is 4.45. The highest BCUT2D eigenvalue weighted by atomic mass is 32.1. The molecule has 0 saturated heterocycles. The molecule has 0 radical (unpaired) electrons. The molecule has 1 aromatic rings. The van der Waals surface area contributed by atoms with Crippen LogP contribution >= 0.6 is 11.3 Å². The Morgan fingerprint density at radius 1 is 1.44 bits per heavy atom. The molecule has 2 rings (SSSR count). The highest BCUT2D eigenvalue weighted by Crippen LogP contribution is 2.36. The number of aromatic nitrogens is 1.